The minimum Gasteiger partial charge on any atom is -0.494 e. The van der Waals surface area contributed by atoms with E-state index >= 15 is 0 Å². The third-order valence-corrected chi connectivity index (χ3v) is 13.0. The van der Waals surface area contributed by atoms with Gasteiger partial charge in [0.25, 0.3) is 0 Å². The molecule has 0 aliphatic carbocycles. The number of rotatable bonds is 20. The number of carbonyl (C=O) groups excluding carboxylic acids is 3. The van der Waals surface area contributed by atoms with Crippen LogP contribution in [0.25, 0.3) is 22.8 Å². The highest BCUT2D eigenvalue weighted by Crippen LogP contribution is 2.32. The first-order valence-corrected chi connectivity index (χ1v) is 27.1. The number of piperazine rings is 2. The zero-order chi connectivity index (χ0) is 57.0. The average molecular weight is 1120 g/mol. The van der Waals surface area contributed by atoms with E-state index in [0.29, 0.717) is 107 Å². The van der Waals surface area contributed by atoms with E-state index < -0.39 is 5.60 Å². The van der Waals surface area contributed by atoms with Crippen molar-refractivity contribution in [3.05, 3.63) is 121 Å². The molecule has 3 amide bonds. The quantitative estimate of drug-likeness (QED) is 0.0390. The number of methoxy groups -OCH3 is 2. The molecule has 0 bridgehead atoms. The lowest BCUT2D eigenvalue weighted by atomic mass is 10.2. The van der Waals surface area contributed by atoms with Crippen LogP contribution in [0.3, 0.4) is 0 Å². The summed E-state index contributed by atoms with van der Waals surface area (Å²) in [4.78, 5) is 78.4. The molecule has 6 heterocycles. The van der Waals surface area contributed by atoms with Gasteiger partial charge in [-0.15, -0.1) is 0 Å². The van der Waals surface area contributed by atoms with E-state index in [9.17, 15) is 14.4 Å². The highest BCUT2D eigenvalue weighted by atomic mass is 35.5. The van der Waals surface area contributed by atoms with Gasteiger partial charge in [0.05, 0.1) is 36.7 Å². The number of hydrogen-bond donors (Lipinski definition) is 6. The summed E-state index contributed by atoms with van der Waals surface area (Å²) in [5, 5.41) is 19.2. The lowest BCUT2D eigenvalue weighted by molar-refractivity contribution is -0.117. The lowest BCUT2D eigenvalue weighted by Gasteiger charge is -2.35. The second-order valence-electron chi connectivity index (χ2n) is 19.8. The molecule has 24 heteroatoms. The molecule has 424 valence electrons. The van der Waals surface area contributed by atoms with Gasteiger partial charge in [-0.1, -0.05) is 29.8 Å². The first-order valence-electron chi connectivity index (χ1n) is 26.7. The standard InChI is InChI=1S/C29H33N9O2.C28H35ClN8O4/c1-40-25-19-22(11-12-24(25)36-26(39)10-6-16-38-17-14-30-15-18-38)35-29-33-20-32-28(37-29)23-9-5-13-31-27(23)34-21-7-3-2-4-8-21;1-28(2,3)41-27(39)37-15-13-36(14-16-37)12-6-8-23(38)34-21-10-9-19(17-22(21)40-4)33-26-32-18-31-25(35-26)20-7-5-11-30-24(20)29/h2-5,7-9,11-13,19-20,30H,6,10,14-18H2,1H3,(H,31,34)(H,36,39)(H,32,33,35,37);5,7,9-11,17-18H,6,8,12-16H2,1-4H3,(H,34,38)(H,31,32,33,35). The van der Waals surface area contributed by atoms with Crippen molar-refractivity contribution in [1.29, 1.82) is 0 Å². The Morgan fingerprint density at radius 1 is 0.593 bits per heavy atom. The summed E-state index contributed by atoms with van der Waals surface area (Å²) in [7, 11) is 3.11. The van der Waals surface area contributed by atoms with Crippen molar-refractivity contribution in [2.75, 3.05) is 106 Å². The molecule has 2 fully saturated rings. The number of halogens is 1. The van der Waals surface area contributed by atoms with E-state index in [-0.39, 0.29) is 17.9 Å². The van der Waals surface area contributed by atoms with Crippen LogP contribution in [0.5, 0.6) is 11.5 Å². The molecule has 23 nitrogen and oxygen atoms in total. The smallest absolute Gasteiger partial charge is 0.410 e. The molecule has 0 saturated carbocycles. The van der Waals surface area contributed by atoms with E-state index in [1.807, 2.05) is 69.3 Å². The van der Waals surface area contributed by atoms with Crippen LogP contribution in [-0.4, -0.2) is 158 Å². The molecule has 2 saturated heterocycles. The Labute approximate surface area is 476 Å². The summed E-state index contributed by atoms with van der Waals surface area (Å²) in [6.07, 6.45) is 8.20. The summed E-state index contributed by atoms with van der Waals surface area (Å²) in [6, 6.07) is 27.8. The van der Waals surface area contributed by atoms with E-state index in [4.69, 9.17) is 25.8 Å². The number of pyridine rings is 2. The zero-order valence-corrected chi connectivity index (χ0v) is 46.9. The normalized spacial score (nSPS) is 13.7. The number of carbonyl (C=O) groups is 3. The highest BCUT2D eigenvalue weighted by Gasteiger charge is 2.26. The van der Waals surface area contributed by atoms with Gasteiger partial charge < -0.3 is 55.9 Å². The van der Waals surface area contributed by atoms with Crippen molar-refractivity contribution < 1.29 is 28.6 Å². The zero-order valence-electron chi connectivity index (χ0n) is 46.1. The molecule has 3 aromatic carbocycles. The minimum absolute atomic E-state index is 0.0346. The largest absolute Gasteiger partial charge is 0.494 e. The van der Waals surface area contributed by atoms with Gasteiger partial charge in [-0.25, -0.2) is 34.7 Å². The molecule has 2 aliphatic heterocycles. The predicted molar refractivity (Wildman–Crippen MR) is 313 cm³/mol. The van der Waals surface area contributed by atoms with Crippen molar-refractivity contribution in [1.82, 2.24) is 59.9 Å². The Kier molecular flexibility index (Phi) is 21.0. The molecular weight excluding hydrogens is 1050 g/mol. The number of para-hydroxylation sites is 1. The lowest BCUT2D eigenvalue weighted by Crippen LogP contribution is -2.50. The van der Waals surface area contributed by atoms with Crippen molar-refractivity contribution in [3.63, 3.8) is 0 Å². The highest BCUT2D eigenvalue weighted by molar-refractivity contribution is 6.31. The van der Waals surface area contributed by atoms with Crippen LogP contribution < -0.4 is 41.4 Å². The Morgan fingerprint density at radius 2 is 1.12 bits per heavy atom. The maximum atomic E-state index is 12.7. The van der Waals surface area contributed by atoms with Gasteiger partial charge in [0.15, 0.2) is 11.6 Å². The van der Waals surface area contributed by atoms with Crippen LogP contribution in [0.4, 0.5) is 50.9 Å². The van der Waals surface area contributed by atoms with Crippen molar-refractivity contribution in [3.8, 4) is 34.3 Å². The number of aromatic nitrogens is 8. The van der Waals surface area contributed by atoms with E-state index in [0.717, 1.165) is 70.0 Å². The molecule has 6 N–H and O–H groups in total. The van der Waals surface area contributed by atoms with Gasteiger partial charge in [-0.05, 0) is 107 Å². The van der Waals surface area contributed by atoms with Gasteiger partial charge >= 0.3 is 6.09 Å². The molecule has 9 rings (SSSR count). The van der Waals surface area contributed by atoms with Crippen LogP contribution >= 0.6 is 11.6 Å². The molecule has 0 unspecified atom stereocenters. The van der Waals surface area contributed by atoms with E-state index in [1.165, 1.54) is 19.8 Å². The summed E-state index contributed by atoms with van der Waals surface area (Å²) in [5.74, 6) is 3.08. The van der Waals surface area contributed by atoms with Crippen LogP contribution in [-0.2, 0) is 14.3 Å². The second kappa shape index (κ2) is 29.0. The number of ether oxygens (including phenoxy) is 3. The van der Waals surface area contributed by atoms with Crippen LogP contribution in [0.1, 0.15) is 46.5 Å². The number of benzene rings is 3. The number of nitrogens with zero attached hydrogens (tertiary/aromatic N) is 11. The van der Waals surface area contributed by atoms with Crippen LogP contribution in [0.15, 0.2) is 116 Å². The third kappa shape index (κ3) is 17.9. The Balaban J connectivity index is 0.000000212. The van der Waals surface area contributed by atoms with Gasteiger partial charge in [0, 0.05) is 107 Å². The van der Waals surface area contributed by atoms with Crippen molar-refractivity contribution in [2.24, 2.45) is 0 Å². The fourth-order valence-corrected chi connectivity index (χ4v) is 8.84. The summed E-state index contributed by atoms with van der Waals surface area (Å²) in [5.41, 5.74) is 4.29. The molecule has 2 aliphatic rings. The minimum atomic E-state index is -0.505. The number of nitrogens with one attached hydrogen (secondary N) is 6. The Morgan fingerprint density at radius 3 is 1.67 bits per heavy atom. The summed E-state index contributed by atoms with van der Waals surface area (Å²) >= 11 is 6.17. The molecule has 81 heavy (non-hydrogen) atoms. The maximum Gasteiger partial charge on any atom is 0.410 e. The summed E-state index contributed by atoms with van der Waals surface area (Å²) in [6.45, 7) is 14.1. The Bertz CT molecular complexity index is 3190. The van der Waals surface area contributed by atoms with Gasteiger partial charge in [-0.2, -0.15) is 9.97 Å². The van der Waals surface area contributed by atoms with E-state index in [2.05, 4.69) is 81.6 Å². The number of hydrogen-bond acceptors (Lipinski definition) is 20. The SMILES string of the molecule is COc1cc(Nc2ncnc(-c3cccnc3Cl)n2)ccc1NC(=O)CCCN1CCN(C(=O)OC(C)(C)C)CC1.COc1cc(Nc2ncnc(-c3cccnc3Nc3ccccc3)n2)ccc1NC(=O)CCCN1CCNCC1. The maximum absolute atomic E-state index is 12.7. The molecule has 0 atom stereocenters. The topological polar surface area (TPSA) is 264 Å². The molecule has 0 radical (unpaired) electrons. The predicted octanol–water partition coefficient (Wildman–Crippen LogP) is 8.66. The second-order valence-corrected chi connectivity index (χ2v) is 20.1. The molecule has 7 aromatic rings. The summed E-state index contributed by atoms with van der Waals surface area (Å²) < 4.78 is 16.5. The average Bonchev–Trinajstić information content (AvgIpc) is 3.54. The van der Waals surface area contributed by atoms with Gasteiger partial charge in [0.1, 0.15) is 40.7 Å². The van der Waals surface area contributed by atoms with Crippen molar-refractivity contribution in [2.45, 2.75) is 52.1 Å². The van der Waals surface area contributed by atoms with Crippen LogP contribution in [0, 0.1) is 0 Å². The van der Waals surface area contributed by atoms with Crippen LogP contribution in [0.2, 0.25) is 5.15 Å². The molecular formula is C57H68ClN17O6. The number of anilines is 8. The van der Waals surface area contributed by atoms with Gasteiger partial charge in [-0.3, -0.25) is 14.5 Å². The first kappa shape index (κ1) is 58.5. The Hall–Kier alpha value is -8.64. The first-order chi connectivity index (χ1) is 39.3. The monoisotopic (exact) mass is 1120 g/mol. The van der Waals surface area contributed by atoms with Gasteiger partial charge in [0.2, 0.25) is 23.7 Å². The molecule has 4 aromatic heterocycles. The fraction of sp³-hybridized carbons (Fsp3) is 0.351. The third-order valence-electron chi connectivity index (χ3n) is 12.7. The van der Waals surface area contributed by atoms with E-state index in [1.54, 1.807) is 66.9 Å². The fourth-order valence-electron chi connectivity index (χ4n) is 8.64. The molecule has 0 spiro atoms. The number of amides is 3. The van der Waals surface area contributed by atoms with Crippen molar-refractivity contribution >= 4 is 75.7 Å².